The molecule has 0 aliphatic carbocycles. The van der Waals surface area contributed by atoms with Crippen LogP contribution in [-0.2, 0) is 32.7 Å². The number of unbranched alkanes of at least 4 members (excludes halogenated alkanes) is 12. The van der Waals surface area contributed by atoms with Crippen LogP contribution in [0.15, 0.2) is 72.9 Å². The standard InChI is InChI=1S/C43H74NO9P/c1-3-5-7-9-11-12-13-14-15-16-17-18-23-27-31-35-43(47)53-41(39-52-54(48,49)51-37-36-44)38-50-42(46)34-30-26-22-20-19-21-25-29-33-40(45)32-28-24-10-8-6-4-2/h6,8,12-13,20-22,24-25,28-29,33,40-41,45H,3-5,7,9-11,14-19,23,26-27,30-32,34-39,44H2,1-2H3,(H,48,49)/b8-6-,13-12-,22-20-,25-21-,28-24-,33-29+/t40?,41-/m1/s1. The molecular formula is C43H74NO9P. The molecule has 0 aliphatic heterocycles. The summed E-state index contributed by atoms with van der Waals surface area (Å²) in [6.45, 7) is 3.42. The Morgan fingerprint density at radius 3 is 1.96 bits per heavy atom. The van der Waals surface area contributed by atoms with Gasteiger partial charge in [0.15, 0.2) is 6.10 Å². The molecule has 0 aromatic heterocycles. The molecule has 4 N–H and O–H groups in total. The van der Waals surface area contributed by atoms with Gasteiger partial charge in [-0.05, 0) is 70.6 Å². The fraction of sp³-hybridized carbons (Fsp3) is 0.674. The quantitative estimate of drug-likeness (QED) is 0.0182. The van der Waals surface area contributed by atoms with Crippen molar-refractivity contribution in [1.29, 1.82) is 0 Å². The summed E-state index contributed by atoms with van der Waals surface area (Å²) >= 11 is 0. The zero-order valence-corrected chi connectivity index (χ0v) is 34.4. The minimum Gasteiger partial charge on any atom is -0.462 e. The predicted molar refractivity (Wildman–Crippen MR) is 221 cm³/mol. The number of ether oxygens (including phenoxy) is 2. The van der Waals surface area contributed by atoms with Gasteiger partial charge in [0.25, 0.3) is 0 Å². The summed E-state index contributed by atoms with van der Waals surface area (Å²) in [5, 5.41) is 9.99. The number of aliphatic hydroxyl groups excluding tert-OH is 1. The Hall–Kier alpha value is -2.59. The van der Waals surface area contributed by atoms with E-state index in [1.807, 2.05) is 42.5 Å². The maximum atomic E-state index is 12.6. The average Bonchev–Trinajstić information content (AvgIpc) is 3.15. The molecule has 2 unspecified atom stereocenters. The molecule has 0 aliphatic rings. The van der Waals surface area contributed by atoms with E-state index in [1.54, 1.807) is 6.08 Å². The third kappa shape index (κ3) is 37.7. The SMILES string of the molecule is CC/C=C\C/C=C\CC(O)/C=C/C=C\C/C=C\CCCC(=O)OC[C@H](COP(=O)(O)OCCN)OC(=O)CCCCCCCCC/C=C\CCCCCC. The molecule has 0 aromatic carbocycles. The lowest BCUT2D eigenvalue weighted by atomic mass is 10.1. The van der Waals surface area contributed by atoms with Gasteiger partial charge in [-0.3, -0.25) is 18.6 Å². The Labute approximate surface area is 327 Å². The third-order valence-electron chi connectivity index (χ3n) is 8.16. The van der Waals surface area contributed by atoms with Gasteiger partial charge in [-0.15, -0.1) is 0 Å². The fourth-order valence-corrected chi connectivity index (χ4v) is 5.87. The molecule has 54 heavy (non-hydrogen) atoms. The molecule has 0 bridgehead atoms. The van der Waals surface area contributed by atoms with Gasteiger partial charge in [0.05, 0.1) is 19.3 Å². The number of rotatable bonds is 37. The van der Waals surface area contributed by atoms with E-state index in [1.165, 1.54) is 51.4 Å². The highest BCUT2D eigenvalue weighted by Gasteiger charge is 2.25. The van der Waals surface area contributed by atoms with Crippen LogP contribution in [0.4, 0.5) is 0 Å². The molecule has 0 rings (SSSR count). The monoisotopic (exact) mass is 780 g/mol. The molecule has 0 aromatic rings. The van der Waals surface area contributed by atoms with Crippen LogP contribution in [0.5, 0.6) is 0 Å². The van der Waals surface area contributed by atoms with Crippen molar-refractivity contribution in [2.75, 3.05) is 26.4 Å². The van der Waals surface area contributed by atoms with E-state index < -0.39 is 38.6 Å². The molecule has 0 fully saturated rings. The number of phosphoric acid groups is 1. The number of carbonyl (C=O) groups is 2. The third-order valence-corrected chi connectivity index (χ3v) is 9.14. The lowest BCUT2D eigenvalue weighted by molar-refractivity contribution is -0.161. The Morgan fingerprint density at radius 1 is 0.667 bits per heavy atom. The van der Waals surface area contributed by atoms with Crippen LogP contribution in [-0.4, -0.2) is 60.5 Å². The summed E-state index contributed by atoms with van der Waals surface area (Å²) in [5.74, 6) is -0.948. The van der Waals surface area contributed by atoms with Gasteiger partial charge in [-0.1, -0.05) is 138 Å². The zero-order chi connectivity index (χ0) is 39.8. The van der Waals surface area contributed by atoms with Crippen molar-refractivity contribution in [2.24, 2.45) is 5.73 Å². The molecule has 11 heteroatoms. The molecule has 10 nitrogen and oxygen atoms in total. The largest absolute Gasteiger partial charge is 0.472 e. The minimum atomic E-state index is -4.41. The number of hydrogen-bond donors (Lipinski definition) is 3. The molecule has 310 valence electrons. The fourth-order valence-electron chi connectivity index (χ4n) is 5.10. The first kappa shape index (κ1) is 51.4. The molecule has 0 saturated carbocycles. The van der Waals surface area contributed by atoms with E-state index in [2.05, 4.69) is 38.2 Å². The van der Waals surface area contributed by atoms with Crippen molar-refractivity contribution in [2.45, 2.75) is 161 Å². The van der Waals surface area contributed by atoms with Crippen LogP contribution in [0.1, 0.15) is 149 Å². The highest BCUT2D eigenvalue weighted by Crippen LogP contribution is 2.43. The van der Waals surface area contributed by atoms with Crippen molar-refractivity contribution in [1.82, 2.24) is 0 Å². The number of allylic oxidation sites excluding steroid dienone is 10. The van der Waals surface area contributed by atoms with Crippen LogP contribution in [0.25, 0.3) is 0 Å². The van der Waals surface area contributed by atoms with E-state index in [0.717, 1.165) is 44.9 Å². The number of nitrogens with two attached hydrogens (primary N) is 1. The molecular weight excluding hydrogens is 705 g/mol. The number of aliphatic hydroxyl groups is 1. The first-order valence-electron chi connectivity index (χ1n) is 20.5. The van der Waals surface area contributed by atoms with Gasteiger partial charge in [0.2, 0.25) is 0 Å². The van der Waals surface area contributed by atoms with E-state index in [9.17, 15) is 24.2 Å². The topological polar surface area (TPSA) is 155 Å². The van der Waals surface area contributed by atoms with E-state index in [-0.39, 0.29) is 32.6 Å². The lowest BCUT2D eigenvalue weighted by Crippen LogP contribution is -2.29. The Balaban J connectivity index is 4.37. The van der Waals surface area contributed by atoms with Crippen LogP contribution in [0.2, 0.25) is 0 Å². The Morgan fingerprint density at radius 2 is 1.26 bits per heavy atom. The van der Waals surface area contributed by atoms with Gasteiger partial charge in [-0.25, -0.2) is 4.57 Å². The maximum absolute atomic E-state index is 12.6. The molecule has 0 saturated heterocycles. The molecule has 0 spiro atoms. The number of hydrogen-bond acceptors (Lipinski definition) is 9. The Bertz CT molecular complexity index is 1130. The second-order valence-corrected chi connectivity index (χ2v) is 14.8. The van der Waals surface area contributed by atoms with Crippen molar-refractivity contribution >= 4 is 19.8 Å². The normalized spacial score (nSPS) is 14.7. The summed E-state index contributed by atoms with van der Waals surface area (Å²) in [6.07, 6.45) is 42.5. The zero-order valence-electron chi connectivity index (χ0n) is 33.5. The predicted octanol–water partition coefficient (Wildman–Crippen LogP) is 10.5. The summed E-state index contributed by atoms with van der Waals surface area (Å²) in [4.78, 5) is 34.8. The highest BCUT2D eigenvalue weighted by atomic mass is 31.2. The van der Waals surface area contributed by atoms with E-state index in [4.69, 9.17) is 24.3 Å². The van der Waals surface area contributed by atoms with Crippen LogP contribution in [0, 0.1) is 0 Å². The summed E-state index contributed by atoms with van der Waals surface area (Å²) in [7, 11) is -4.41. The van der Waals surface area contributed by atoms with Crippen molar-refractivity contribution < 1.29 is 42.7 Å². The van der Waals surface area contributed by atoms with Gasteiger partial charge < -0.3 is 25.2 Å². The van der Waals surface area contributed by atoms with Gasteiger partial charge in [0.1, 0.15) is 6.61 Å². The van der Waals surface area contributed by atoms with Crippen molar-refractivity contribution in [3.8, 4) is 0 Å². The van der Waals surface area contributed by atoms with E-state index in [0.29, 0.717) is 25.7 Å². The van der Waals surface area contributed by atoms with Gasteiger partial charge >= 0.3 is 19.8 Å². The van der Waals surface area contributed by atoms with Crippen molar-refractivity contribution in [3.05, 3.63) is 72.9 Å². The molecule has 0 amide bonds. The number of esters is 2. The highest BCUT2D eigenvalue weighted by molar-refractivity contribution is 7.47. The van der Waals surface area contributed by atoms with Crippen molar-refractivity contribution in [3.63, 3.8) is 0 Å². The van der Waals surface area contributed by atoms with E-state index >= 15 is 0 Å². The molecule has 3 atom stereocenters. The maximum Gasteiger partial charge on any atom is 0.472 e. The number of carbonyl (C=O) groups excluding carboxylic acids is 2. The molecule has 0 radical (unpaired) electrons. The second-order valence-electron chi connectivity index (χ2n) is 13.3. The second kappa shape index (κ2) is 38.7. The minimum absolute atomic E-state index is 0.0327. The van der Waals surface area contributed by atoms with Crippen LogP contribution < -0.4 is 5.73 Å². The number of phosphoric ester groups is 1. The first-order chi connectivity index (χ1) is 26.2. The summed E-state index contributed by atoms with van der Waals surface area (Å²) < 4.78 is 32.6. The lowest BCUT2D eigenvalue weighted by Gasteiger charge is -2.19. The van der Waals surface area contributed by atoms with Crippen LogP contribution >= 0.6 is 7.82 Å². The molecule has 0 heterocycles. The van der Waals surface area contributed by atoms with Gasteiger partial charge in [0, 0.05) is 19.4 Å². The average molecular weight is 780 g/mol. The summed E-state index contributed by atoms with van der Waals surface area (Å²) in [6, 6.07) is 0. The summed E-state index contributed by atoms with van der Waals surface area (Å²) in [5.41, 5.74) is 5.33. The smallest absolute Gasteiger partial charge is 0.462 e. The first-order valence-corrected chi connectivity index (χ1v) is 22.0. The van der Waals surface area contributed by atoms with Crippen LogP contribution in [0.3, 0.4) is 0 Å². The Kier molecular flexibility index (Phi) is 36.8. The van der Waals surface area contributed by atoms with Gasteiger partial charge in [-0.2, -0.15) is 0 Å².